The SMILES string of the molecule is CCN(CC)Cc1sc(-c2nc(-c3ccc(S(=O)(=O)NCCN)cc3)no2)cc1C. The number of nitrogens with two attached hydrogens (primary N) is 1. The number of sulfonamides is 1. The third-order valence-electron chi connectivity index (χ3n) is 4.78. The lowest BCUT2D eigenvalue weighted by molar-refractivity contribution is 0.298. The molecule has 0 aliphatic carbocycles. The smallest absolute Gasteiger partial charge is 0.268 e. The van der Waals surface area contributed by atoms with Gasteiger partial charge >= 0.3 is 0 Å². The second-order valence-electron chi connectivity index (χ2n) is 6.81. The number of aryl methyl sites for hydroxylation is 1. The predicted molar refractivity (Wildman–Crippen MR) is 119 cm³/mol. The highest BCUT2D eigenvalue weighted by atomic mass is 32.2. The van der Waals surface area contributed by atoms with Gasteiger partial charge in [0.25, 0.3) is 5.89 Å². The molecule has 10 heteroatoms. The number of nitrogens with zero attached hydrogens (tertiary/aromatic N) is 3. The minimum Gasteiger partial charge on any atom is -0.333 e. The number of rotatable bonds is 10. The molecule has 2 heterocycles. The fraction of sp³-hybridized carbons (Fsp3) is 0.400. The first-order chi connectivity index (χ1) is 14.4. The largest absolute Gasteiger partial charge is 0.333 e. The van der Waals surface area contributed by atoms with Crippen molar-refractivity contribution in [2.24, 2.45) is 5.73 Å². The Hall–Kier alpha value is -2.11. The van der Waals surface area contributed by atoms with Crippen LogP contribution in [0.5, 0.6) is 0 Å². The molecule has 162 valence electrons. The molecule has 0 unspecified atom stereocenters. The molecule has 2 aromatic heterocycles. The molecule has 3 rings (SSSR count). The molecule has 3 N–H and O–H groups in total. The Kier molecular flexibility index (Phi) is 7.37. The molecule has 30 heavy (non-hydrogen) atoms. The van der Waals surface area contributed by atoms with Crippen LogP contribution in [-0.2, 0) is 16.6 Å². The molecular weight excluding hydrogens is 422 g/mol. The highest BCUT2D eigenvalue weighted by Crippen LogP contribution is 2.32. The van der Waals surface area contributed by atoms with Gasteiger partial charge < -0.3 is 10.3 Å². The van der Waals surface area contributed by atoms with Gasteiger partial charge in [-0.2, -0.15) is 4.98 Å². The van der Waals surface area contributed by atoms with Crippen LogP contribution < -0.4 is 10.5 Å². The quantitative estimate of drug-likeness (QED) is 0.489. The van der Waals surface area contributed by atoms with E-state index in [0.717, 1.165) is 24.5 Å². The molecule has 0 bridgehead atoms. The van der Waals surface area contributed by atoms with Gasteiger partial charge in [-0.1, -0.05) is 19.0 Å². The van der Waals surface area contributed by atoms with Crippen LogP contribution in [0.15, 0.2) is 39.8 Å². The summed E-state index contributed by atoms with van der Waals surface area (Å²) >= 11 is 1.66. The van der Waals surface area contributed by atoms with Crippen molar-refractivity contribution in [3.63, 3.8) is 0 Å². The Morgan fingerprint density at radius 1 is 1.20 bits per heavy atom. The number of aromatic nitrogens is 2. The number of benzene rings is 1. The van der Waals surface area contributed by atoms with Crippen LogP contribution in [0, 0.1) is 6.92 Å². The van der Waals surface area contributed by atoms with E-state index < -0.39 is 10.0 Å². The first kappa shape index (κ1) is 22.6. The van der Waals surface area contributed by atoms with Crippen LogP contribution in [0.4, 0.5) is 0 Å². The minimum atomic E-state index is -3.57. The molecule has 0 aliphatic rings. The van der Waals surface area contributed by atoms with E-state index in [0.29, 0.717) is 17.3 Å². The van der Waals surface area contributed by atoms with Gasteiger partial charge in [-0.3, -0.25) is 4.90 Å². The van der Waals surface area contributed by atoms with E-state index in [1.165, 1.54) is 22.6 Å². The highest BCUT2D eigenvalue weighted by Gasteiger charge is 2.17. The average molecular weight is 450 g/mol. The molecule has 0 spiro atoms. The van der Waals surface area contributed by atoms with E-state index in [9.17, 15) is 8.42 Å². The molecule has 0 fully saturated rings. The lowest BCUT2D eigenvalue weighted by Crippen LogP contribution is -2.29. The van der Waals surface area contributed by atoms with Crippen LogP contribution in [0.2, 0.25) is 0 Å². The monoisotopic (exact) mass is 449 g/mol. The maximum Gasteiger partial charge on any atom is 0.268 e. The Bertz CT molecular complexity index is 1070. The number of hydrogen-bond acceptors (Lipinski definition) is 8. The average Bonchev–Trinajstić information content (AvgIpc) is 3.37. The summed E-state index contributed by atoms with van der Waals surface area (Å²) < 4.78 is 32.2. The molecule has 0 aliphatic heterocycles. The molecule has 0 saturated carbocycles. The number of hydrogen-bond donors (Lipinski definition) is 2. The molecule has 0 saturated heterocycles. The lowest BCUT2D eigenvalue weighted by Gasteiger charge is -2.17. The van der Waals surface area contributed by atoms with E-state index in [1.807, 2.05) is 0 Å². The van der Waals surface area contributed by atoms with Gasteiger partial charge in [-0.15, -0.1) is 11.3 Å². The zero-order chi connectivity index (χ0) is 21.7. The highest BCUT2D eigenvalue weighted by molar-refractivity contribution is 7.89. The Balaban J connectivity index is 1.78. The van der Waals surface area contributed by atoms with Gasteiger partial charge in [0.2, 0.25) is 15.8 Å². The van der Waals surface area contributed by atoms with Crippen molar-refractivity contribution >= 4 is 21.4 Å². The van der Waals surface area contributed by atoms with Crippen molar-refractivity contribution in [2.45, 2.75) is 32.2 Å². The fourth-order valence-corrected chi connectivity index (χ4v) is 5.12. The molecule has 3 aromatic rings. The van der Waals surface area contributed by atoms with Crippen LogP contribution in [0.25, 0.3) is 22.2 Å². The fourth-order valence-electron chi connectivity index (χ4n) is 2.93. The van der Waals surface area contributed by atoms with E-state index >= 15 is 0 Å². The number of thiophene rings is 1. The zero-order valence-electron chi connectivity index (χ0n) is 17.4. The third kappa shape index (κ3) is 5.13. The summed E-state index contributed by atoms with van der Waals surface area (Å²) in [7, 11) is -3.57. The molecule has 0 atom stereocenters. The van der Waals surface area contributed by atoms with Gasteiger partial charge in [-0.25, -0.2) is 13.1 Å². The Morgan fingerprint density at radius 3 is 2.53 bits per heavy atom. The maximum atomic E-state index is 12.2. The van der Waals surface area contributed by atoms with Gasteiger partial charge in [0.15, 0.2) is 0 Å². The summed E-state index contributed by atoms with van der Waals surface area (Å²) in [6.45, 7) is 9.73. The van der Waals surface area contributed by atoms with Crippen molar-refractivity contribution in [2.75, 3.05) is 26.2 Å². The summed E-state index contributed by atoms with van der Waals surface area (Å²) in [4.78, 5) is 9.24. The first-order valence-electron chi connectivity index (χ1n) is 9.83. The van der Waals surface area contributed by atoms with Crippen molar-refractivity contribution < 1.29 is 12.9 Å². The normalized spacial score (nSPS) is 12.0. The Morgan fingerprint density at radius 2 is 1.90 bits per heavy atom. The van der Waals surface area contributed by atoms with Crippen molar-refractivity contribution in [3.8, 4) is 22.2 Å². The summed E-state index contributed by atoms with van der Waals surface area (Å²) in [5.41, 5.74) is 7.25. The summed E-state index contributed by atoms with van der Waals surface area (Å²) in [6, 6.07) is 8.43. The predicted octanol–water partition coefficient (Wildman–Crippen LogP) is 2.85. The molecule has 0 radical (unpaired) electrons. The lowest BCUT2D eigenvalue weighted by atomic mass is 10.2. The van der Waals surface area contributed by atoms with Gasteiger partial charge in [0.05, 0.1) is 9.77 Å². The second-order valence-corrected chi connectivity index (χ2v) is 9.72. The van der Waals surface area contributed by atoms with E-state index in [4.69, 9.17) is 10.3 Å². The van der Waals surface area contributed by atoms with E-state index in [2.05, 4.69) is 46.6 Å². The van der Waals surface area contributed by atoms with Crippen LogP contribution in [-0.4, -0.2) is 49.6 Å². The van der Waals surface area contributed by atoms with Crippen molar-refractivity contribution in [1.82, 2.24) is 19.8 Å². The summed E-state index contributed by atoms with van der Waals surface area (Å²) in [5.74, 6) is 0.880. The van der Waals surface area contributed by atoms with Gasteiger partial charge in [0, 0.05) is 30.1 Å². The van der Waals surface area contributed by atoms with E-state index in [-0.39, 0.29) is 18.0 Å². The molecule has 8 nitrogen and oxygen atoms in total. The maximum absolute atomic E-state index is 12.2. The van der Waals surface area contributed by atoms with Gasteiger partial charge in [-0.05, 0) is 55.9 Å². The Labute approximate surface area is 181 Å². The summed E-state index contributed by atoms with van der Waals surface area (Å²) in [5, 5.41) is 4.07. The zero-order valence-corrected chi connectivity index (χ0v) is 19.0. The second kappa shape index (κ2) is 9.80. The number of nitrogens with one attached hydrogen (secondary N) is 1. The molecule has 0 amide bonds. The molecular formula is C20H27N5O3S2. The van der Waals surface area contributed by atoms with E-state index in [1.54, 1.807) is 23.5 Å². The van der Waals surface area contributed by atoms with Gasteiger partial charge in [0.1, 0.15) is 0 Å². The van der Waals surface area contributed by atoms with Crippen LogP contribution in [0.1, 0.15) is 24.3 Å². The summed E-state index contributed by atoms with van der Waals surface area (Å²) in [6.07, 6.45) is 0. The topological polar surface area (TPSA) is 114 Å². The first-order valence-corrected chi connectivity index (χ1v) is 12.1. The van der Waals surface area contributed by atoms with Crippen molar-refractivity contribution in [1.29, 1.82) is 0 Å². The van der Waals surface area contributed by atoms with Crippen LogP contribution >= 0.6 is 11.3 Å². The van der Waals surface area contributed by atoms with Crippen molar-refractivity contribution in [3.05, 3.63) is 40.8 Å². The molecule has 1 aromatic carbocycles. The minimum absolute atomic E-state index is 0.165. The van der Waals surface area contributed by atoms with Crippen LogP contribution in [0.3, 0.4) is 0 Å². The standard InChI is InChI=1S/C20H27N5O3S2/c1-4-25(5-2)13-18-14(3)12-17(29-18)20-23-19(24-28-20)15-6-8-16(9-7-15)30(26,27)22-11-10-21/h6-9,12,22H,4-5,10-11,13,21H2,1-3H3. The third-order valence-corrected chi connectivity index (χ3v) is 7.47.